The molecule has 0 amide bonds. The maximum Gasteiger partial charge on any atom is 0.310 e. The van der Waals surface area contributed by atoms with Crippen molar-refractivity contribution in [1.29, 1.82) is 0 Å². The smallest absolute Gasteiger partial charge is 0.310 e. The van der Waals surface area contributed by atoms with Crippen molar-refractivity contribution in [3.05, 3.63) is 35.9 Å². The fourth-order valence-corrected chi connectivity index (χ4v) is 1.15. The molecule has 0 aliphatic carbocycles. The third-order valence-electron chi connectivity index (χ3n) is 1.80. The maximum atomic E-state index is 10.5. The van der Waals surface area contributed by atoms with Crippen molar-refractivity contribution in [3.63, 3.8) is 0 Å². The Morgan fingerprint density at radius 3 is 2.45 bits per heavy atom. The summed E-state index contributed by atoms with van der Waals surface area (Å²) in [5.74, 6) is -0.0983. The molecule has 1 aliphatic rings. The van der Waals surface area contributed by atoms with Crippen molar-refractivity contribution in [2.45, 2.75) is 12.5 Å². The summed E-state index contributed by atoms with van der Waals surface area (Å²) in [6.45, 7) is 0. The van der Waals surface area contributed by atoms with Crippen molar-refractivity contribution < 1.29 is 9.53 Å². The Bertz CT molecular complexity index is 258. The minimum absolute atomic E-state index is 0.0173. The van der Waals surface area contributed by atoms with Crippen LogP contribution in [0.15, 0.2) is 30.3 Å². The largest absolute Gasteiger partial charge is 0.457 e. The molecule has 0 bridgehead atoms. The van der Waals surface area contributed by atoms with E-state index >= 15 is 0 Å². The number of hydrogen-bond donors (Lipinski definition) is 0. The summed E-state index contributed by atoms with van der Waals surface area (Å²) in [5.41, 5.74) is 1.09. The van der Waals surface area contributed by atoms with Crippen LogP contribution in [0.4, 0.5) is 0 Å². The van der Waals surface area contributed by atoms with E-state index in [9.17, 15) is 4.79 Å². The molecular formula is C9H8O2. The topological polar surface area (TPSA) is 26.3 Å². The molecule has 2 nitrogen and oxygen atoms in total. The van der Waals surface area contributed by atoms with Crippen LogP contribution in [0.5, 0.6) is 0 Å². The molecule has 0 N–H and O–H groups in total. The SMILES string of the molecule is O=C1CC(c2ccccc2)O1. The van der Waals surface area contributed by atoms with Gasteiger partial charge >= 0.3 is 5.97 Å². The normalized spacial score (nSPS) is 22.2. The number of carbonyl (C=O) groups is 1. The van der Waals surface area contributed by atoms with Crippen LogP contribution in [-0.4, -0.2) is 5.97 Å². The Balaban J connectivity index is 2.13. The molecule has 0 radical (unpaired) electrons. The zero-order chi connectivity index (χ0) is 7.68. The van der Waals surface area contributed by atoms with Gasteiger partial charge in [-0.1, -0.05) is 30.3 Å². The molecule has 1 heterocycles. The van der Waals surface area contributed by atoms with Gasteiger partial charge in [-0.05, 0) is 5.56 Å². The standard InChI is InChI=1S/C9H8O2/c10-9-6-8(11-9)7-4-2-1-3-5-7/h1-5,8H,6H2. The van der Waals surface area contributed by atoms with Crippen LogP contribution >= 0.6 is 0 Å². The van der Waals surface area contributed by atoms with Crippen molar-refractivity contribution in [2.75, 3.05) is 0 Å². The molecule has 0 saturated carbocycles. The summed E-state index contributed by atoms with van der Waals surface area (Å²) in [7, 11) is 0. The highest BCUT2D eigenvalue weighted by atomic mass is 16.6. The highest BCUT2D eigenvalue weighted by Gasteiger charge is 2.29. The first-order chi connectivity index (χ1) is 5.36. The first-order valence-electron chi connectivity index (χ1n) is 3.61. The predicted molar refractivity (Wildman–Crippen MR) is 39.9 cm³/mol. The summed E-state index contributed by atoms with van der Waals surface area (Å²) in [6.07, 6.45) is 0.549. The lowest BCUT2D eigenvalue weighted by Gasteiger charge is -2.25. The fraction of sp³-hybridized carbons (Fsp3) is 0.222. The van der Waals surface area contributed by atoms with Gasteiger partial charge < -0.3 is 4.74 Å². The van der Waals surface area contributed by atoms with Gasteiger partial charge in [0.25, 0.3) is 0 Å². The monoisotopic (exact) mass is 148 g/mol. The minimum Gasteiger partial charge on any atom is -0.457 e. The summed E-state index contributed by atoms with van der Waals surface area (Å²) < 4.78 is 4.89. The van der Waals surface area contributed by atoms with E-state index in [1.807, 2.05) is 30.3 Å². The highest BCUT2D eigenvalue weighted by Crippen LogP contribution is 2.29. The molecule has 1 unspecified atom stereocenters. The molecule has 1 aromatic carbocycles. The summed E-state index contributed by atoms with van der Waals surface area (Å²) in [4.78, 5) is 10.5. The lowest BCUT2D eigenvalue weighted by molar-refractivity contribution is -0.170. The van der Waals surface area contributed by atoms with Crippen LogP contribution in [0.25, 0.3) is 0 Å². The molecule has 1 saturated heterocycles. The molecule has 1 fully saturated rings. The van der Waals surface area contributed by atoms with Gasteiger partial charge in [0.15, 0.2) is 0 Å². The second kappa shape index (κ2) is 2.38. The van der Waals surface area contributed by atoms with Crippen molar-refractivity contribution in [1.82, 2.24) is 0 Å². The van der Waals surface area contributed by atoms with Gasteiger partial charge in [0.05, 0.1) is 6.42 Å². The Kier molecular flexibility index (Phi) is 1.39. The van der Waals surface area contributed by atoms with E-state index < -0.39 is 0 Å². The van der Waals surface area contributed by atoms with Crippen LogP contribution in [0.2, 0.25) is 0 Å². The average Bonchev–Trinajstić information content (AvgIpc) is 2.01. The van der Waals surface area contributed by atoms with Crippen LogP contribution in [-0.2, 0) is 9.53 Å². The number of carbonyl (C=O) groups excluding carboxylic acids is 1. The Labute approximate surface area is 64.8 Å². The van der Waals surface area contributed by atoms with Gasteiger partial charge in [0.1, 0.15) is 6.10 Å². The van der Waals surface area contributed by atoms with Gasteiger partial charge in [-0.25, -0.2) is 0 Å². The van der Waals surface area contributed by atoms with E-state index in [2.05, 4.69) is 0 Å². The first-order valence-corrected chi connectivity index (χ1v) is 3.61. The van der Waals surface area contributed by atoms with E-state index in [0.717, 1.165) is 5.56 Å². The van der Waals surface area contributed by atoms with Crippen LogP contribution in [0, 0.1) is 0 Å². The summed E-state index contributed by atoms with van der Waals surface area (Å²) in [6, 6.07) is 9.78. The van der Waals surface area contributed by atoms with Crippen molar-refractivity contribution >= 4 is 5.97 Å². The molecule has 1 aliphatic heterocycles. The first kappa shape index (κ1) is 6.40. The quantitative estimate of drug-likeness (QED) is 0.566. The maximum absolute atomic E-state index is 10.5. The number of benzene rings is 1. The molecule has 1 atom stereocenters. The van der Waals surface area contributed by atoms with Crippen LogP contribution < -0.4 is 0 Å². The fourth-order valence-electron chi connectivity index (χ4n) is 1.15. The van der Waals surface area contributed by atoms with Crippen molar-refractivity contribution in [3.8, 4) is 0 Å². The molecule has 1 aromatic rings. The van der Waals surface area contributed by atoms with Gasteiger partial charge in [-0.2, -0.15) is 0 Å². The minimum atomic E-state index is -0.0983. The molecule has 2 heteroatoms. The lowest BCUT2D eigenvalue weighted by atomic mass is 10.0. The van der Waals surface area contributed by atoms with Crippen LogP contribution in [0.1, 0.15) is 18.1 Å². The second-order valence-electron chi connectivity index (χ2n) is 2.59. The van der Waals surface area contributed by atoms with Crippen molar-refractivity contribution in [2.24, 2.45) is 0 Å². The molecule has 11 heavy (non-hydrogen) atoms. The van der Waals surface area contributed by atoms with E-state index in [4.69, 9.17) is 4.74 Å². The molecule has 0 aromatic heterocycles. The van der Waals surface area contributed by atoms with Gasteiger partial charge in [0.2, 0.25) is 0 Å². The van der Waals surface area contributed by atoms with E-state index in [1.54, 1.807) is 0 Å². The lowest BCUT2D eigenvalue weighted by Crippen LogP contribution is -2.24. The molecule has 0 spiro atoms. The van der Waals surface area contributed by atoms with Gasteiger partial charge in [0, 0.05) is 0 Å². The third kappa shape index (κ3) is 1.11. The van der Waals surface area contributed by atoms with Gasteiger partial charge in [-0.15, -0.1) is 0 Å². The Morgan fingerprint density at radius 2 is 1.91 bits per heavy atom. The molecule has 56 valence electrons. The van der Waals surface area contributed by atoms with E-state index in [1.165, 1.54) is 0 Å². The third-order valence-corrected chi connectivity index (χ3v) is 1.80. The number of esters is 1. The second-order valence-corrected chi connectivity index (χ2v) is 2.59. The predicted octanol–water partition coefficient (Wildman–Crippen LogP) is 1.67. The average molecular weight is 148 g/mol. The van der Waals surface area contributed by atoms with E-state index in [-0.39, 0.29) is 12.1 Å². The summed E-state index contributed by atoms with van der Waals surface area (Å²) >= 11 is 0. The highest BCUT2D eigenvalue weighted by molar-refractivity contribution is 5.75. The molecule has 2 rings (SSSR count). The number of hydrogen-bond acceptors (Lipinski definition) is 2. The number of rotatable bonds is 1. The zero-order valence-corrected chi connectivity index (χ0v) is 5.99. The number of cyclic esters (lactones) is 1. The summed E-state index contributed by atoms with van der Waals surface area (Å²) in [5, 5.41) is 0. The van der Waals surface area contributed by atoms with E-state index in [0.29, 0.717) is 6.42 Å². The molecular weight excluding hydrogens is 140 g/mol. The van der Waals surface area contributed by atoms with Crippen LogP contribution in [0.3, 0.4) is 0 Å². The Morgan fingerprint density at radius 1 is 1.27 bits per heavy atom. The zero-order valence-electron chi connectivity index (χ0n) is 5.99. The Hall–Kier alpha value is -1.31. The number of ether oxygens (including phenoxy) is 1. The van der Waals surface area contributed by atoms with Gasteiger partial charge in [-0.3, -0.25) is 4.79 Å².